The third-order valence-electron chi connectivity index (χ3n) is 12.7. The van der Waals surface area contributed by atoms with Crippen LogP contribution in [-0.4, -0.2) is 11.9 Å². The van der Waals surface area contributed by atoms with Crippen LogP contribution in [0.1, 0.15) is 33.4 Å². The molecule has 1 atom stereocenters. The van der Waals surface area contributed by atoms with E-state index in [2.05, 4.69) is 235 Å². The Kier molecular flexibility index (Phi) is 7.82. The Labute approximate surface area is 350 Å². The molecule has 8 aromatic rings. The maximum atomic E-state index is 5.47. The Morgan fingerprint density at radius 2 is 0.983 bits per heavy atom. The number of benzene rings is 8. The first-order valence-corrected chi connectivity index (χ1v) is 20.8. The van der Waals surface area contributed by atoms with E-state index in [0.29, 0.717) is 0 Å². The number of para-hydroxylation sites is 3. The molecule has 1 unspecified atom stereocenters. The summed E-state index contributed by atoms with van der Waals surface area (Å²) in [5, 5.41) is 3.84. The van der Waals surface area contributed by atoms with Crippen LogP contribution in [0.5, 0.6) is 0 Å². The summed E-state index contributed by atoms with van der Waals surface area (Å²) in [6, 6.07) is 73.1. The lowest BCUT2D eigenvalue weighted by Crippen LogP contribution is -2.39. The van der Waals surface area contributed by atoms with Crippen LogP contribution < -0.4 is 10.2 Å². The summed E-state index contributed by atoms with van der Waals surface area (Å²) >= 11 is 0. The molecule has 0 fully saturated rings. The minimum atomic E-state index is -0.536. The smallest absolute Gasteiger partial charge is 0.135 e. The van der Waals surface area contributed by atoms with Crippen molar-refractivity contribution in [2.45, 2.75) is 11.5 Å². The van der Waals surface area contributed by atoms with Gasteiger partial charge in [0.05, 0.1) is 28.5 Å². The molecule has 0 aromatic heterocycles. The fourth-order valence-electron chi connectivity index (χ4n) is 10.1. The molecule has 2 aliphatic carbocycles. The highest BCUT2D eigenvalue weighted by Gasteiger charge is 2.51. The summed E-state index contributed by atoms with van der Waals surface area (Å²) in [5.41, 5.74) is 19.7. The molecule has 0 amide bonds. The molecule has 2 heterocycles. The molecular weight excluding hydrogens is 727 g/mol. The van der Waals surface area contributed by atoms with E-state index in [0.717, 1.165) is 39.5 Å². The van der Waals surface area contributed by atoms with Gasteiger partial charge in [0.25, 0.3) is 0 Å². The Bertz CT molecular complexity index is 3070. The molecule has 8 aromatic carbocycles. The van der Waals surface area contributed by atoms with Gasteiger partial charge < -0.3 is 10.2 Å². The molecule has 60 heavy (non-hydrogen) atoms. The van der Waals surface area contributed by atoms with Gasteiger partial charge in [-0.1, -0.05) is 194 Å². The number of aliphatic imine (C=N–C) groups is 1. The number of nitrogens with one attached hydrogen (secondary N) is 1. The maximum Gasteiger partial charge on any atom is 0.135 e. The van der Waals surface area contributed by atoms with Crippen LogP contribution in [0.2, 0.25) is 0 Å². The monoisotopic (exact) mass is 765 g/mol. The fraction of sp³-hybridized carbons (Fsp3) is 0.0351. The van der Waals surface area contributed by atoms with Gasteiger partial charge in [-0.25, -0.2) is 4.99 Å². The highest BCUT2D eigenvalue weighted by atomic mass is 15.2. The molecule has 0 saturated carbocycles. The third kappa shape index (κ3) is 5.12. The van der Waals surface area contributed by atoms with Gasteiger partial charge in [0, 0.05) is 22.4 Å². The normalized spacial score (nSPS) is 16.3. The summed E-state index contributed by atoms with van der Waals surface area (Å²) in [7, 11) is 0. The highest BCUT2D eigenvalue weighted by Crippen LogP contribution is 2.63. The second-order valence-electron chi connectivity index (χ2n) is 15.9. The van der Waals surface area contributed by atoms with Crippen molar-refractivity contribution in [1.82, 2.24) is 5.32 Å². The molecule has 0 radical (unpaired) electrons. The van der Waals surface area contributed by atoms with E-state index in [1.54, 1.807) is 0 Å². The van der Waals surface area contributed by atoms with Gasteiger partial charge in [-0.3, -0.25) is 0 Å². The summed E-state index contributed by atoms with van der Waals surface area (Å²) in [4.78, 5) is 7.91. The predicted molar refractivity (Wildman–Crippen MR) is 248 cm³/mol. The zero-order valence-electron chi connectivity index (χ0n) is 32.8. The summed E-state index contributed by atoms with van der Waals surface area (Å²) in [5.74, 6) is 0.867. The summed E-state index contributed by atoms with van der Waals surface area (Å²) in [6.07, 6.45) is 8.67. The van der Waals surface area contributed by atoms with E-state index < -0.39 is 5.41 Å². The Morgan fingerprint density at radius 1 is 0.433 bits per heavy atom. The number of rotatable bonds is 5. The lowest BCUT2D eigenvalue weighted by atomic mass is 9.64. The molecule has 1 spiro atoms. The average molecular weight is 766 g/mol. The molecule has 4 aliphatic rings. The quantitative estimate of drug-likeness (QED) is 0.189. The van der Waals surface area contributed by atoms with Gasteiger partial charge in [0.2, 0.25) is 0 Å². The van der Waals surface area contributed by atoms with Crippen molar-refractivity contribution in [2.75, 3.05) is 4.90 Å². The highest BCUT2D eigenvalue weighted by molar-refractivity contribution is 6.09. The van der Waals surface area contributed by atoms with Gasteiger partial charge in [-0.05, 0) is 86.0 Å². The molecule has 2 aliphatic heterocycles. The Hall–Kier alpha value is -7.75. The first kappa shape index (κ1) is 34.3. The summed E-state index contributed by atoms with van der Waals surface area (Å²) < 4.78 is 0. The van der Waals surface area contributed by atoms with Crippen LogP contribution in [0, 0.1) is 0 Å². The molecule has 282 valence electrons. The maximum absolute atomic E-state index is 5.47. The van der Waals surface area contributed by atoms with Gasteiger partial charge >= 0.3 is 0 Å². The molecule has 3 heteroatoms. The zero-order valence-corrected chi connectivity index (χ0v) is 32.8. The minimum absolute atomic E-state index is 0.0000486. The van der Waals surface area contributed by atoms with E-state index in [9.17, 15) is 0 Å². The van der Waals surface area contributed by atoms with Crippen molar-refractivity contribution in [1.29, 1.82) is 0 Å². The molecule has 12 rings (SSSR count). The van der Waals surface area contributed by atoms with Crippen LogP contribution in [0.15, 0.2) is 235 Å². The fourth-order valence-corrected chi connectivity index (χ4v) is 10.1. The first-order valence-electron chi connectivity index (χ1n) is 20.8. The molecule has 0 saturated heterocycles. The van der Waals surface area contributed by atoms with Crippen molar-refractivity contribution >= 4 is 28.6 Å². The van der Waals surface area contributed by atoms with Gasteiger partial charge in [-0.2, -0.15) is 0 Å². The van der Waals surface area contributed by atoms with Crippen LogP contribution in [0.25, 0.3) is 39.1 Å². The number of fused-ring (bicyclic) bond motifs is 10. The second kappa shape index (κ2) is 13.7. The largest absolute Gasteiger partial charge is 0.359 e. The SMILES string of the molecule is C1=CC2=C(c3ccc(-c4ccccc4)cc3)N=C(c3ccccc3-c3ccc4c(c3)C3(c5ccccc5-4)c4ccccc4N(c4ccccc4)c4ccccc43)NC2C=C1. The van der Waals surface area contributed by atoms with E-state index in [1.165, 1.54) is 61.5 Å². The van der Waals surface area contributed by atoms with Crippen LogP contribution >= 0.6 is 0 Å². The van der Waals surface area contributed by atoms with E-state index in [4.69, 9.17) is 4.99 Å². The van der Waals surface area contributed by atoms with Crippen LogP contribution in [0.4, 0.5) is 17.1 Å². The van der Waals surface area contributed by atoms with E-state index >= 15 is 0 Å². The first-order chi connectivity index (χ1) is 29.8. The Balaban J connectivity index is 1.03. The van der Waals surface area contributed by atoms with Gasteiger partial charge in [0.15, 0.2) is 0 Å². The number of hydrogen-bond acceptors (Lipinski definition) is 3. The number of allylic oxidation sites excluding steroid dienone is 2. The van der Waals surface area contributed by atoms with Crippen LogP contribution in [-0.2, 0) is 5.41 Å². The Morgan fingerprint density at radius 3 is 1.72 bits per heavy atom. The van der Waals surface area contributed by atoms with Crippen molar-refractivity contribution in [3.63, 3.8) is 0 Å². The lowest BCUT2D eigenvalue weighted by Gasteiger charge is -2.45. The van der Waals surface area contributed by atoms with Crippen molar-refractivity contribution in [3.05, 3.63) is 263 Å². The summed E-state index contributed by atoms with van der Waals surface area (Å²) in [6.45, 7) is 0. The lowest BCUT2D eigenvalue weighted by molar-refractivity contribution is 0.753. The molecule has 1 N–H and O–H groups in total. The van der Waals surface area contributed by atoms with E-state index in [1.807, 2.05) is 0 Å². The van der Waals surface area contributed by atoms with Crippen molar-refractivity contribution < 1.29 is 0 Å². The van der Waals surface area contributed by atoms with Gasteiger partial charge in [-0.15, -0.1) is 0 Å². The number of amidine groups is 1. The van der Waals surface area contributed by atoms with Crippen molar-refractivity contribution in [2.24, 2.45) is 4.99 Å². The standard InChI is InChI=1S/C57H39N3/c1-3-17-38(18-4-1)39-31-33-40(34-32-39)55-47-24-10-14-28-52(47)58-56(59-55)46-23-8-7-21-43(46)41-35-36-45-44-22-9-11-25-48(44)57(51(45)37-41)49-26-12-15-29-53(49)60(42-19-5-2-6-20-42)54-30-16-13-27-50(54)57/h1-37,52H,(H,58,59). The number of anilines is 3. The molecule has 0 bridgehead atoms. The molecular formula is C57H39N3. The minimum Gasteiger partial charge on any atom is -0.359 e. The van der Waals surface area contributed by atoms with E-state index in [-0.39, 0.29) is 6.04 Å². The number of nitrogens with zero attached hydrogens (tertiary/aromatic N) is 2. The average Bonchev–Trinajstić information content (AvgIpc) is 3.62. The van der Waals surface area contributed by atoms with Crippen molar-refractivity contribution in [3.8, 4) is 33.4 Å². The second-order valence-corrected chi connectivity index (χ2v) is 15.9. The zero-order chi connectivity index (χ0) is 39.6. The predicted octanol–water partition coefficient (Wildman–Crippen LogP) is 13.4. The topological polar surface area (TPSA) is 27.6 Å². The van der Waals surface area contributed by atoms with Gasteiger partial charge in [0.1, 0.15) is 5.84 Å². The van der Waals surface area contributed by atoms with Crippen LogP contribution in [0.3, 0.4) is 0 Å². The third-order valence-corrected chi connectivity index (χ3v) is 12.7. The number of hydrogen-bond donors (Lipinski definition) is 1. The molecule has 3 nitrogen and oxygen atoms in total.